The number of ether oxygens (including phenoxy) is 1. The molecule has 0 bridgehead atoms. The Balaban J connectivity index is 1.52. The van der Waals surface area contributed by atoms with Crippen molar-refractivity contribution in [1.29, 1.82) is 0 Å². The summed E-state index contributed by atoms with van der Waals surface area (Å²) in [5, 5.41) is 0.901. The number of carbonyl (C=O) groups is 1. The maximum atomic E-state index is 12.8. The van der Waals surface area contributed by atoms with Crippen LogP contribution in [-0.4, -0.2) is 56.9 Å². The summed E-state index contributed by atoms with van der Waals surface area (Å²) in [4.78, 5) is 22.5. The Morgan fingerprint density at radius 1 is 1.23 bits per heavy atom. The van der Waals surface area contributed by atoms with Gasteiger partial charge in [0.1, 0.15) is 11.2 Å². The first-order valence-corrected chi connectivity index (χ1v) is 12.3. The maximum Gasteiger partial charge on any atom is 0.341 e. The van der Waals surface area contributed by atoms with E-state index in [2.05, 4.69) is 19.6 Å². The fourth-order valence-corrected chi connectivity index (χ4v) is 5.47. The van der Waals surface area contributed by atoms with E-state index >= 15 is 0 Å². The van der Waals surface area contributed by atoms with Gasteiger partial charge < -0.3 is 14.6 Å². The number of hydrogen-bond acceptors (Lipinski definition) is 6. The van der Waals surface area contributed by atoms with Gasteiger partial charge in [0.05, 0.1) is 18.0 Å². The molecule has 0 atom stereocenters. The van der Waals surface area contributed by atoms with Crippen molar-refractivity contribution >= 4 is 32.7 Å². The fraction of sp³-hybridized carbons (Fsp3) is 0.619. The molecule has 0 amide bonds. The van der Waals surface area contributed by atoms with Gasteiger partial charge in [-0.2, -0.15) is 0 Å². The Hall–Kier alpha value is -2.13. The average molecular weight is 435 g/mol. The van der Waals surface area contributed by atoms with Crippen molar-refractivity contribution in [2.75, 3.05) is 31.4 Å². The van der Waals surface area contributed by atoms with Crippen molar-refractivity contribution in [2.24, 2.45) is 11.8 Å². The Kier molecular flexibility index (Phi) is 6.02. The molecule has 30 heavy (non-hydrogen) atoms. The van der Waals surface area contributed by atoms with Crippen molar-refractivity contribution in [3.8, 4) is 0 Å². The maximum absolute atomic E-state index is 12.8. The van der Waals surface area contributed by atoms with Crippen molar-refractivity contribution in [1.82, 2.24) is 14.7 Å². The second-order valence-corrected chi connectivity index (χ2v) is 10.5. The van der Waals surface area contributed by atoms with Crippen LogP contribution in [0.2, 0.25) is 0 Å². The minimum Gasteiger partial charge on any atom is -0.462 e. The lowest BCUT2D eigenvalue weighted by Crippen LogP contribution is -2.38. The molecule has 2 N–H and O–H groups in total. The number of anilines is 1. The first kappa shape index (κ1) is 21.1. The van der Waals surface area contributed by atoms with Crippen molar-refractivity contribution in [2.45, 2.75) is 44.6 Å². The smallest absolute Gasteiger partial charge is 0.341 e. The van der Waals surface area contributed by atoms with Gasteiger partial charge in [-0.25, -0.2) is 22.9 Å². The van der Waals surface area contributed by atoms with Crippen LogP contribution in [0, 0.1) is 11.8 Å². The first-order valence-electron chi connectivity index (χ1n) is 10.6. The monoisotopic (exact) mass is 434 g/mol. The van der Waals surface area contributed by atoms with Gasteiger partial charge in [-0.1, -0.05) is 0 Å². The second kappa shape index (κ2) is 8.55. The highest BCUT2D eigenvalue weighted by molar-refractivity contribution is 7.89. The Morgan fingerprint density at radius 2 is 1.93 bits per heavy atom. The van der Waals surface area contributed by atoms with Gasteiger partial charge in [0.15, 0.2) is 0 Å². The summed E-state index contributed by atoms with van der Waals surface area (Å²) in [5.74, 6) is 0.520. The molecule has 2 fully saturated rings. The number of fused-ring (bicyclic) bond motifs is 1. The average Bonchev–Trinajstić information content (AvgIpc) is 3.45. The highest BCUT2D eigenvalue weighted by Gasteiger charge is 2.31. The highest BCUT2D eigenvalue weighted by Crippen LogP contribution is 2.36. The first-order chi connectivity index (χ1) is 14.4. The van der Waals surface area contributed by atoms with Crippen LogP contribution in [-0.2, 0) is 14.8 Å². The Morgan fingerprint density at radius 3 is 2.60 bits per heavy atom. The molecule has 2 aliphatic carbocycles. The van der Waals surface area contributed by atoms with E-state index in [4.69, 9.17) is 4.74 Å². The molecule has 9 heteroatoms. The molecule has 2 aliphatic rings. The van der Waals surface area contributed by atoms with Crippen LogP contribution >= 0.6 is 0 Å². The van der Waals surface area contributed by atoms with E-state index in [9.17, 15) is 13.2 Å². The molecule has 2 aromatic heterocycles. The molecule has 0 aromatic carbocycles. The number of sulfonamides is 1. The number of rotatable bonds is 8. The summed E-state index contributed by atoms with van der Waals surface area (Å²) in [6.07, 6.45) is 9.13. The normalized spacial score (nSPS) is 22.2. The van der Waals surface area contributed by atoms with Crippen LogP contribution in [0.3, 0.4) is 0 Å². The molecule has 8 nitrogen and oxygen atoms in total. The summed E-state index contributed by atoms with van der Waals surface area (Å²) >= 11 is 0. The number of H-pyrrole nitrogens is 1. The van der Waals surface area contributed by atoms with Crippen LogP contribution in [0.4, 0.5) is 5.69 Å². The van der Waals surface area contributed by atoms with E-state index in [-0.39, 0.29) is 23.7 Å². The number of aromatic nitrogens is 2. The van der Waals surface area contributed by atoms with Gasteiger partial charge in [0.25, 0.3) is 0 Å². The number of hydrogen-bond donors (Lipinski definition) is 2. The quantitative estimate of drug-likeness (QED) is 0.619. The molecule has 2 heterocycles. The van der Waals surface area contributed by atoms with Crippen molar-refractivity contribution < 1.29 is 17.9 Å². The highest BCUT2D eigenvalue weighted by atomic mass is 32.2. The van der Waals surface area contributed by atoms with Gasteiger partial charge in [-0.3, -0.25) is 0 Å². The van der Waals surface area contributed by atoms with Crippen molar-refractivity contribution in [3.05, 3.63) is 24.0 Å². The number of pyridine rings is 1. The van der Waals surface area contributed by atoms with E-state index in [0.717, 1.165) is 55.2 Å². The molecule has 2 saturated carbocycles. The van der Waals surface area contributed by atoms with Crippen LogP contribution in [0.5, 0.6) is 0 Å². The summed E-state index contributed by atoms with van der Waals surface area (Å²) in [6.45, 7) is 0.470. The molecule has 0 spiro atoms. The SMILES string of the molecule is CNS(=O)(=O)CC1CCC(N(C)c2c(C(=O)OCC3CC3)cnc3[nH]ccc23)CC1. The summed E-state index contributed by atoms with van der Waals surface area (Å²) in [6, 6.07) is 2.17. The number of nitrogens with zero attached hydrogens (tertiary/aromatic N) is 2. The van der Waals surface area contributed by atoms with E-state index in [1.54, 1.807) is 6.20 Å². The molecule has 0 unspecified atom stereocenters. The molecular formula is C21H30N4O4S. The largest absolute Gasteiger partial charge is 0.462 e. The zero-order valence-electron chi connectivity index (χ0n) is 17.6. The van der Waals surface area contributed by atoms with Gasteiger partial charge in [0.2, 0.25) is 10.0 Å². The number of nitrogens with one attached hydrogen (secondary N) is 2. The predicted octanol–water partition coefficient (Wildman–Crippen LogP) is 2.67. The third kappa shape index (κ3) is 4.62. The lowest BCUT2D eigenvalue weighted by Gasteiger charge is -2.36. The van der Waals surface area contributed by atoms with E-state index in [0.29, 0.717) is 18.1 Å². The van der Waals surface area contributed by atoms with Crippen LogP contribution in [0.25, 0.3) is 11.0 Å². The molecular weight excluding hydrogens is 404 g/mol. The molecule has 0 aliphatic heterocycles. The Bertz CT molecular complexity index is 1010. The van der Waals surface area contributed by atoms with Crippen LogP contribution in [0.15, 0.2) is 18.5 Å². The van der Waals surface area contributed by atoms with Crippen molar-refractivity contribution in [3.63, 3.8) is 0 Å². The number of carbonyl (C=O) groups excluding carboxylic acids is 1. The molecule has 164 valence electrons. The van der Waals surface area contributed by atoms with Gasteiger partial charge in [-0.05, 0) is 63.5 Å². The number of aromatic amines is 1. The molecule has 0 radical (unpaired) electrons. The van der Waals surface area contributed by atoms with Gasteiger partial charge in [0, 0.05) is 30.9 Å². The molecule has 4 rings (SSSR count). The van der Waals surface area contributed by atoms with Crippen LogP contribution < -0.4 is 9.62 Å². The summed E-state index contributed by atoms with van der Waals surface area (Å²) < 4.78 is 31.7. The van der Waals surface area contributed by atoms with Gasteiger partial charge >= 0.3 is 5.97 Å². The lowest BCUT2D eigenvalue weighted by atomic mass is 9.86. The zero-order chi connectivity index (χ0) is 21.3. The van der Waals surface area contributed by atoms with E-state index < -0.39 is 10.0 Å². The lowest BCUT2D eigenvalue weighted by molar-refractivity contribution is 0.0486. The standard InChI is InChI=1S/C21H30N4O4S/c1-22-30(27,28)13-15-5-7-16(8-6-15)25(2)19-17-9-10-23-20(17)24-11-18(19)21(26)29-12-14-3-4-14/h9-11,14-16,22H,3-8,12-13H2,1-2H3,(H,23,24). The number of esters is 1. The molecule has 0 saturated heterocycles. The van der Waals surface area contributed by atoms with E-state index in [1.165, 1.54) is 7.05 Å². The van der Waals surface area contributed by atoms with E-state index in [1.807, 2.05) is 19.3 Å². The molecule has 2 aromatic rings. The minimum absolute atomic E-state index is 0.166. The van der Waals surface area contributed by atoms with Crippen LogP contribution in [0.1, 0.15) is 48.9 Å². The third-order valence-corrected chi connectivity index (χ3v) is 7.94. The summed E-state index contributed by atoms with van der Waals surface area (Å²) in [5.41, 5.74) is 2.07. The fourth-order valence-electron chi connectivity index (χ4n) is 4.35. The Labute approximate surface area is 177 Å². The second-order valence-electron chi connectivity index (χ2n) is 8.57. The third-order valence-electron chi connectivity index (χ3n) is 6.41. The predicted molar refractivity (Wildman–Crippen MR) is 116 cm³/mol. The zero-order valence-corrected chi connectivity index (χ0v) is 18.4. The van der Waals surface area contributed by atoms with Gasteiger partial charge in [-0.15, -0.1) is 0 Å². The topological polar surface area (TPSA) is 104 Å². The minimum atomic E-state index is -3.19. The summed E-state index contributed by atoms with van der Waals surface area (Å²) in [7, 11) is 0.277.